The monoisotopic (exact) mass is 256 g/mol. The Bertz CT molecular complexity index is 925. The van der Waals surface area contributed by atoms with Crippen LogP contribution in [-0.2, 0) is 6.54 Å². The Kier molecular flexibility index (Phi) is 1.78. The van der Waals surface area contributed by atoms with E-state index in [4.69, 9.17) is 4.99 Å². The molecule has 0 fully saturated rings. The summed E-state index contributed by atoms with van der Waals surface area (Å²) in [5.74, 6) is 0. The van der Waals surface area contributed by atoms with E-state index in [1.54, 1.807) is 0 Å². The van der Waals surface area contributed by atoms with E-state index in [1.165, 1.54) is 27.7 Å². The molecule has 0 amide bonds. The Balaban J connectivity index is 1.82. The van der Waals surface area contributed by atoms with E-state index in [9.17, 15) is 0 Å². The van der Waals surface area contributed by atoms with Gasteiger partial charge in [-0.2, -0.15) is 0 Å². The van der Waals surface area contributed by atoms with Gasteiger partial charge in [0.05, 0.1) is 17.1 Å². The predicted octanol–water partition coefficient (Wildman–Crippen LogP) is 4.17. The number of fused-ring (bicyclic) bond motifs is 7. The van der Waals surface area contributed by atoms with Crippen LogP contribution in [0.4, 0.5) is 5.69 Å². The number of aliphatic imine (C=N–C) groups is 1. The topological polar surface area (TPSA) is 17.3 Å². The maximum atomic E-state index is 4.84. The number of allylic oxidation sites excluding steroid dienone is 2. The van der Waals surface area contributed by atoms with Crippen molar-refractivity contribution in [3.05, 3.63) is 71.9 Å². The van der Waals surface area contributed by atoms with Crippen LogP contribution < -0.4 is 0 Å². The van der Waals surface area contributed by atoms with Gasteiger partial charge in [-0.05, 0) is 18.2 Å². The molecule has 3 heterocycles. The van der Waals surface area contributed by atoms with Crippen LogP contribution in [0.1, 0.15) is 11.3 Å². The molecule has 94 valence electrons. The molecule has 0 radical (unpaired) electrons. The Morgan fingerprint density at radius 2 is 1.80 bits per heavy atom. The van der Waals surface area contributed by atoms with Crippen molar-refractivity contribution in [2.24, 2.45) is 4.99 Å². The van der Waals surface area contributed by atoms with E-state index in [0.717, 1.165) is 17.9 Å². The minimum atomic E-state index is 0.922. The van der Waals surface area contributed by atoms with Crippen molar-refractivity contribution in [1.29, 1.82) is 0 Å². The maximum absolute atomic E-state index is 4.84. The van der Waals surface area contributed by atoms with Crippen LogP contribution in [0, 0.1) is 0 Å². The van der Waals surface area contributed by atoms with Crippen molar-refractivity contribution in [2.75, 3.05) is 0 Å². The van der Waals surface area contributed by atoms with Crippen LogP contribution in [0.5, 0.6) is 0 Å². The third kappa shape index (κ3) is 1.16. The fourth-order valence-corrected chi connectivity index (χ4v) is 3.29. The Labute approximate surface area is 116 Å². The first-order valence-electron chi connectivity index (χ1n) is 6.89. The molecule has 2 aliphatic rings. The van der Waals surface area contributed by atoms with Gasteiger partial charge in [0.2, 0.25) is 0 Å². The van der Waals surface area contributed by atoms with Crippen molar-refractivity contribution in [2.45, 2.75) is 6.54 Å². The molecular weight excluding hydrogens is 244 g/mol. The zero-order valence-electron chi connectivity index (χ0n) is 10.9. The molecule has 3 aromatic rings. The first kappa shape index (κ1) is 10.2. The molecular formula is C18H12N2. The molecule has 0 bridgehead atoms. The van der Waals surface area contributed by atoms with E-state index in [2.05, 4.69) is 65.2 Å². The highest BCUT2D eigenvalue weighted by atomic mass is 15.0. The van der Waals surface area contributed by atoms with Crippen LogP contribution in [0.2, 0.25) is 0 Å². The van der Waals surface area contributed by atoms with Crippen LogP contribution in [0.25, 0.3) is 16.5 Å². The normalized spacial score (nSPS) is 15.4. The second-order valence-electron chi connectivity index (χ2n) is 5.29. The minimum absolute atomic E-state index is 0.922. The van der Waals surface area contributed by atoms with Gasteiger partial charge in [0, 0.05) is 28.6 Å². The molecule has 2 heteroatoms. The number of rotatable bonds is 0. The van der Waals surface area contributed by atoms with E-state index >= 15 is 0 Å². The lowest BCUT2D eigenvalue weighted by Gasteiger charge is -2.16. The van der Waals surface area contributed by atoms with Gasteiger partial charge < -0.3 is 4.57 Å². The molecule has 2 aromatic carbocycles. The van der Waals surface area contributed by atoms with Gasteiger partial charge in [-0.1, -0.05) is 42.5 Å². The van der Waals surface area contributed by atoms with E-state index in [1.807, 2.05) is 0 Å². The molecule has 20 heavy (non-hydrogen) atoms. The summed E-state index contributed by atoms with van der Waals surface area (Å²) in [6.45, 7) is 0.922. The third-order valence-corrected chi connectivity index (χ3v) is 4.21. The lowest BCUT2D eigenvalue weighted by atomic mass is 9.99. The zero-order chi connectivity index (χ0) is 13.1. The molecule has 0 atom stereocenters. The number of para-hydroxylation sites is 2. The number of hydrogen-bond donors (Lipinski definition) is 0. The largest absolute Gasteiger partial charge is 0.335 e. The van der Waals surface area contributed by atoms with Crippen molar-refractivity contribution in [3.63, 3.8) is 0 Å². The first-order chi connectivity index (χ1) is 9.92. The molecule has 2 nitrogen and oxygen atoms in total. The Morgan fingerprint density at radius 3 is 2.80 bits per heavy atom. The summed E-state index contributed by atoms with van der Waals surface area (Å²) in [5.41, 5.74) is 7.28. The molecule has 1 aromatic heterocycles. The second kappa shape index (κ2) is 3.48. The number of hydrogen-bond acceptors (Lipinski definition) is 1. The molecule has 2 aliphatic heterocycles. The van der Waals surface area contributed by atoms with Crippen LogP contribution in [0.15, 0.2) is 65.7 Å². The number of nitrogens with zero attached hydrogens (tertiary/aromatic N) is 2. The molecule has 0 unspecified atom stereocenters. The van der Waals surface area contributed by atoms with Gasteiger partial charge >= 0.3 is 0 Å². The fourth-order valence-electron chi connectivity index (χ4n) is 3.29. The number of benzene rings is 2. The highest BCUT2D eigenvalue weighted by molar-refractivity contribution is 6.36. The average Bonchev–Trinajstić information content (AvgIpc) is 3.05. The fraction of sp³-hybridized carbons (Fsp3) is 0.0556. The Morgan fingerprint density at radius 1 is 0.950 bits per heavy atom. The first-order valence-corrected chi connectivity index (χ1v) is 6.89. The van der Waals surface area contributed by atoms with Crippen molar-refractivity contribution >= 4 is 27.9 Å². The summed E-state index contributed by atoms with van der Waals surface area (Å²) >= 11 is 0. The van der Waals surface area contributed by atoms with Gasteiger partial charge in [-0.25, -0.2) is 4.99 Å². The average molecular weight is 256 g/mol. The molecule has 0 spiro atoms. The van der Waals surface area contributed by atoms with E-state index < -0.39 is 0 Å². The second-order valence-corrected chi connectivity index (χ2v) is 5.29. The van der Waals surface area contributed by atoms with Crippen molar-refractivity contribution < 1.29 is 0 Å². The molecule has 0 N–H and O–H groups in total. The van der Waals surface area contributed by atoms with Crippen LogP contribution in [-0.4, -0.2) is 10.3 Å². The van der Waals surface area contributed by atoms with Gasteiger partial charge in [0.1, 0.15) is 0 Å². The van der Waals surface area contributed by atoms with E-state index in [0.29, 0.717) is 0 Å². The summed E-state index contributed by atoms with van der Waals surface area (Å²) in [7, 11) is 0. The predicted molar refractivity (Wildman–Crippen MR) is 82.6 cm³/mol. The quantitative estimate of drug-likeness (QED) is 0.574. The van der Waals surface area contributed by atoms with E-state index in [-0.39, 0.29) is 0 Å². The van der Waals surface area contributed by atoms with Gasteiger partial charge in [0.15, 0.2) is 0 Å². The van der Waals surface area contributed by atoms with Gasteiger partial charge in [-0.15, -0.1) is 0 Å². The smallest absolute Gasteiger partial charge is 0.0950 e. The summed E-state index contributed by atoms with van der Waals surface area (Å²) in [5, 5.41) is 1.29. The highest BCUT2D eigenvalue weighted by Gasteiger charge is 2.27. The summed E-state index contributed by atoms with van der Waals surface area (Å²) < 4.78 is 2.35. The van der Waals surface area contributed by atoms with Crippen LogP contribution >= 0.6 is 0 Å². The molecule has 0 saturated carbocycles. The van der Waals surface area contributed by atoms with Crippen molar-refractivity contribution in [3.8, 4) is 0 Å². The third-order valence-electron chi connectivity index (χ3n) is 4.21. The summed E-state index contributed by atoms with van der Waals surface area (Å²) in [6, 6.07) is 19.2. The molecule has 0 aliphatic carbocycles. The lowest BCUT2D eigenvalue weighted by Crippen LogP contribution is -2.14. The standard InChI is InChI=1S/C18H12N2/c1-4-8-16-12(5-1)11-17-18-14(9-10-20(16)17)13-6-2-3-7-15(13)19-18/h1-9,11H,10H2. The summed E-state index contributed by atoms with van der Waals surface area (Å²) in [4.78, 5) is 4.84. The molecule has 5 rings (SSSR count). The summed E-state index contributed by atoms with van der Waals surface area (Å²) in [6.07, 6.45) is 2.30. The maximum Gasteiger partial charge on any atom is 0.0950 e. The number of aromatic nitrogens is 1. The lowest BCUT2D eigenvalue weighted by molar-refractivity contribution is 0.849. The van der Waals surface area contributed by atoms with Gasteiger partial charge in [-0.3, -0.25) is 0 Å². The SMILES string of the molecule is C1=C2C(=Nc3ccccc32)c2cc3ccccc3n2C1. The minimum Gasteiger partial charge on any atom is -0.335 e. The zero-order valence-corrected chi connectivity index (χ0v) is 10.9. The Hall–Kier alpha value is -2.61. The van der Waals surface area contributed by atoms with Gasteiger partial charge in [0.25, 0.3) is 0 Å². The molecule has 0 saturated heterocycles. The van der Waals surface area contributed by atoms with Crippen LogP contribution in [0.3, 0.4) is 0 Å². The van der Waals surface area contributed by atoms with Crippen molar-refractivity contribution in [1.82, 2.24) is 4.57 Å². The highest BCUT2D eigenvalue weighted by Crippen LogP contribution is 2.40.